The van der Waals surface area contributed by atoms with Crippen molar-refractivity contribution in [3.05, 3.63) is 55.9 Å². The molecule has 2 aromatic rings. The minimum Gasteiger partial charge on any atom is -0.207 e. The number of rotatable bonds is 3. The third kappa shape index (κ3) is 2.90. The molecule has 0 radical (unpaired) electrons. The van der Waals surface area contributed by atoms with E-state index in [4.69, 9.17) is 11.6 Å². The molecule has 0 saturated carbocycles. The van der Waals surface area contributed by atoms with E-state index in [1.165, 1.54) is 17.0 Å². The van der Waals surface area contributed by atoms with Crippen LogP contribution < -0.4 is 0 Å². The molecule has 90 valence electrons. The Morgan fingerprint density at radius 3 is 2.71 bits per heavy atom. The average Bonchev–Trinajstić information content (AvgIpc) is 2.76. The van der Waals surface area contributed by atoms with Gasteiger partial charge >= 0.3 is 0 Å². The molecule has 1 heterocycles. The largest absolute Gasteiger partial charge is 0.207 e. The minimum absolute atomic E-state index is 0.227. The molecule has 0 bridgehead atoms. The fraction of sp³-hybridized carbons (Fsp3) is 0.231. The van der Waals surface area contributed by atoms with Gasteiger partial charge in [-0.1, -0.05) is 28.9 Å². The summed E-state index contributed by atoms with van der Waals surface area (Å²) in [6, 6.07) is 8.73. The van der Waals surface area contributed by atoms with Crippen molar-refractivity contribution < 1.29 is 4.39 Å². The highest BCUT2D eigenvalue weighted by atomic mass is 79.9. The normalized spacial score (nSPS) is 12.7. The van der Waals surface area contributed by atoms with Crippen LogP contribution in [0.1, 0.15) is 27.6 Å². The van der Waals surface area contributed by atoms with Gasteiger partial charge in [-0.2, -0.15) is 0 Å². The quantitative estimate of drug-likeness (QED) is 0.647. The van der Waals surface area contributed by atoms with Crippen LogP contribution in [0.15, 0.2) is 34.8 Å². The maximum absolute atomic E-state index is 13.0. The summed E-state index contributed by atoms with van der Waals surface area (Å²) in [5.74, 6) is -0.259. The second-order valence-corrected chi connectivity index (χ2v) is 6.18. The third-order valence-electron chi connectivity index (χ3n) is 2.52. The first-order valence-electron chi connectivity index (χ1n) is 5.29. The van der Waals surface area contributed by atoms with E-state index in [0.29, 0.717) is 4.47 Å². The Balaban J connectivity index is 2.33. The van der Waals surface area contributed by atoms with Crippen molar-refractivity contribution in [3.63, 3.8) is 0 Å². The number of aryl methyl sites for hydroxylation is 1. The van der Waals surface area contributed by atoms with Crippen LogP contribution in [0.2, 0.25) is 0 Å². The maximum atomic E-state index is 13.0. The zero-order valence-electron chi connectivity index (χ0n) is 9.21. The first-order chi connectivity index (χ1) is 8.11. The van der Waals surface area contributed by atoms with Gasteiger partial charge in [0.1, 0.15) is 5.82 Å². The fourth-order valence-electron chi connectivity index (χ4n) is 1.58. The summed E-state index contributed by atoms with van der Waals surface area (Å²) in [5, 5.41) is -0.227. The first kappa shape index (κ1) is 13.1. The van der Waals surface area contributed by atoms with Crippen LogP contribution in [0.25, 0.3) is 0 Å². The minimum atomic E-state index is -0.259. The number of hydrogen-bond donors (Lipinski definition) is 0. The molecule has 0 amide bonds. The van der Waals surface area contributed by atoms with E-state index in [2.05, 4.69) is 28.9 Å². The van der Waals surface area contributed by atoms with Crippen molar-refractivity contribution in [3.8, 4) is 0 Å². The maximum Gasteiger partial charge on any atom is 0.124 e. The highest BCUT2D eigenvalue weighted by Gasteiger charge is 2.16. The molecule has 0 aliphatic carbocycles. The standard InChI is InChI=1S/C13H11BrClFS/c1-2-9-4-6-12(17-9)13(15)10-5-3-8(16)7-11(10)14/h3-7,13H,2H2,1H3. The van der Waals surface area contributed by atoms with E-state index >= 15 is 0 Å². The predicted molar refractivity (Wildman–Crippen MR) is 75.5 cm³/mol. The van der Waals surface area contributed by atoms with E-state index in [-0.39, 0.29) is 11.2 Å². The molecule has 0 nitrogen and oxygen atoms in total. The molecule has 0 N–H and O–H groups in total. The molecule has 4 heteroatoms. The van der Waals surface area contributed by atoms with Gasteiger partial charge in [0.05, 0.1) is 5.38 Å². The summed E-state index contributed by atoms with van der Waals surface area (Å²) in [4.78, 5) is 2.40. The molecule has 1 aromatic carbocycles. The number of halogens is 3. The number of thiophene rings is 1. The van der Waals surface area contributed by atoms with Crippen molar-refractivity contribution in [1.29, 1.82) is 0 Å². The summed E-state index contributed by atoms with van der Waals surface area (Å²) < 4.78 is 13.7. The average molecular weight is 334 g/mol. The van der Waals surface area contributed by atoms with Crippen molar-refractivity contribution in [2.24, 2.45) is 0 Å². The van der Waals surface area contributed by atoms with Crippen molar-refractivity contribution in [2.45, 2.75) is 18.7 Å². The van der Waals surface area contributed by atoms with E-state index in [1.54, 1.807) is 17.4 Å². The van der Waals surface area contributed by atoms with Gasteiger partial charge in [-0.05, 0) is 36.2 Å². The Morgan fingerprint density at radius 2 is 2.12 bits per heavy atom. The summed E-state index contributed by atoms with van der Waals surface area (Å²) in [6.45, 7) is 2.12. The second-order valence-electron chi connectivity index (χ2n) is 3.69. The van der Waals surface area contributed by atoms with Gasteiger partial charge < -0.3 is 0 Å². The van der Waals surface area contributed by atoms with Crippen LogP contribution >= 0.6 is 38.9 Å². The van der Waals surface area contributed by atoms with Gasteiger partial charge in [0, 0.05) is 14.2 Å². The van der Waals surface area contributed by atoms with Crippen molar-refractivity contribution >= 4 is 38.9 Å². The van der Waals surface area contributed by atoms with Gasteiger partial charge in [0.15, 0.2) is 0 Å². The highest BCUT2D eigenvalue weighted by Crippen LogP contribution is 2.37. The number of hydrogen-bond acceptors (Lipinski definition) is 1. The molecule has 0 spiro atoms. The van der Waals surface area contributed by atoms with Gasteiger partial charge in [-0.3, -0.25) is 0 Å². The lowest BCUT2D eigenvalue weighted by Gasteiger charge is -2.10. The summed E-state index contributed by atoms with van der Waals surface area (Å²) in [5.41, 5.74) is 0.901. The van der Waals surface area contributed by atoms with Crippen LogP contribution in [0.4, 0.5) is 4.39 Å². The van der Waals surface area contributed by atoms with Gasteiger partial charge in [0.2, 0.25) is 0 Å². The van der Waals surface area contributed by atoms with Gasteiger partial charge in [0.25, 0.3) is 0 Å². The Morgan fingerprint density at radius 1 is 1.35 bits per heavy atom. The highest BCUT2D eigenvalue weighted by molar-refractivity contribution is 9.10. The van der Waals surface area contributed by atoms with E-state index in [0.717, 1.165) is 16.9 Å². The number of benzene rings is 1. The summed E-state index contributed by atoms with van der Waals surface area (Å²) >= 11 is 11.5. The van der Waals surface area contributed by atoms with Gasteiger partial charge in [-0.15, -0.1) is 22.9 Å². The molecule has 17 heavy (non-hydrogen) atoms. The zero-order valence-corrected chi connectivity index (χ0v) is 12.4. The third-order valence-corrected chi connectivity index (χ3v) is 5.10. The molecule has 2 rings (SSSR count). The fourth-order valence-corrected chi connectivity index (χ4v) is 3.64. The molecule has 0 aliphatic rings. The van der Waals surface area contributed by atoms with Crippen LogP contribution in [0.3, 0.4) is 0 Å². The summed E-state index contributed by atoms with van der Waals surface area (Å²) in [6.07, 6.45) is 1.01. The SMILES string of the molecule is CCc1ccc(C(Cl)c2ccc(F)cc2Br)s1. The van der Waals surface area contributed by atoms with E-state index in [1.807, 2.05) is 6.07 Å². The number of alkyl halides is 1. The van der Waals surface area contributed by atoms with E-state index in [9.17, 15) is 4.39 Å². The Labute approximate surface area is 118 Å². The lowest BCUT2D eigenvalue weighted by atomic mass is 10.1. The lowest BCUT2D eigenvalue weighted by molar-refractivity contribution is 0.626. The molecule has 0 saturated heterocycles. The first-order valence-corrected chi connectivity index (χ1v) is 7.34. The second kappa shape index (κ2) is 5.51. The predicted octanol–water partition coefficient (Wildman–Crippen LogP) is 5.54. The van der Waals surface area contributed by atoms with Crippen LogP contribution in [-0.4, -0.2) is 0 Å². The molecule has 1 aromatic heterocycles. The zero-order chi connectivity index (χ0) is 12.4. The molecule has 1 unspecified atom stereocenters. The Kier molecular flexibility index (Phi) is 4.23. The Bertz CT molecular complexity index is 524. The topological polar surface area (TPSA) is 0 Å². The lowest BCUT2D eigenvalue weighted by Crippen LogP contribution is -1.92. The van der Waals surface area contributed by atoms with Gasteiger partial charge in [-0.25, -0.2) is 4.39 Å². The monoisotopic (exact) mass is 332 g/mol. The molecule has 0 fully saturated rings. The van der Waals surface area contributed by atoms with Crippen LogP contribution in [-0.2, 0) is 6.42 Å². The van der Waals surface area contributed by atoms with Crippen LogP contribution in [0, 0.1) is 5.82 Å². The van der Waals surface area contributed by atoms with Crippen molar-refractivity contribution in [1.82, 2.24) is 0 Å². The smallest absolute Gasteiger partial charge is 0.124 e. The van der Waals surface area contributed by atoms with E-state index < -0.39 is 0 Å². The van der Waals surface area contributed by atoms with Crippen LogP contribution in [0.5, 0.6) is 0 Å². The summed E-state index contributed by atoms with van der Waals surface area (Å²) in [7, 11) is 0. The molecular weight excluding hydrogens is 323 g/mol. The molecular formula is C13H11BrClFS. The Hall–Kier alpha value is -0.380. The van der Waals surface area contributed by atoms with Crippen molar-refractivity contribution in [2.75, 3.05) is 0 Å². The molecule has 0 aliphatic heterocycles. The molecule has 1 atom stereocenters.